The molecule has 0 spiro atoms. The molecule has 1 aliphatic rings. The van der Waals surface area contributed by atoms with Gasteiger partial charge in [0.2, 0.25) is 5.91 Å². The molecule has 1 saturated heterocycles. The predicted octanol–water partition coefficient (Wildman–Crippen LogP) is 2.65. The summed E-state index contributed by atoms with van der Waals surface area (Å²) in [4.78, 5) is 14.1. The van der Waals surface area contributed by atoms with Crippen molar-refractivity contribution < 1.29 is 4.79 Å². The zero-order valence-corrected chi connectivity index (χ0v) is 13.5. The van der Waals surface area contributed by atoms with Crippen molar-refractivity contribution in [2.75, 3.05) is 32.0 Å². The van der Waals surface area contributed by atoms with Gasteiger partial charge in [-0.1, -0.05) is 23.2 Å². The SMILES string of the molecule is CNC1CCN(CC(=O)Nc2cc(Cl)ccc2Cl)C1.Cl. The lowest BCUT2D eigenvalue weighted by Gasteiger charge is -2.16. The first kappa shape index (κ1) is 17.5. The van der Waals surface area contributed by atoms with Gasteiger partial charge in [0, 0.05) is 24.2 Å². The number of hydrogen-bond donors (Lipinski definition) is 2. The normalized spacial score (nSPS) is 18.6. The van der Waals surface area contributed by atoms with Crippen molar-refractivity contribution in [1.82, 2.24) is 10.2 Å². The molecule has 0 radical (unpaired) electrons. The third-order valence-corrected chi connectivity index (χ3v) is 3.82. The first-order chi connectivity index (χ1) is 9.08. The fourth-order valence-corrected chi connectivity index (χ4v) is 2.53. The van der Waals surface area contributed by atoms with Crippen LogP contribution in [0.25, 0.3) is 0 Å². The maximum atomic E-state index is 12.0. The van der Waals surface area contributed by atoms with Crippen LogP contribution in [0.4, 0.5) is 5.69 Å². The standard InChI is InChI=1S/C13H17Cl2N3O.ClH/c1-16-10-4-5-18(7-10)8-13(19)17-12-6-9(14)2-3-11(12)15;/h2-3,6,10,16H,4-5,7-8H2,1H3,(H,17,19);1H. The summed E-state index contributed by atoms with van der Waals surface area (Å²) < 4.78 is 0. The van der Waals surface area contributed by atoms with Crippen molar-refractivity contribution in [2.24, 2.45) is 0 Å². The fourth-order valence-electron chi connectivity index (χ4n) is 2.20. The van der Waals surface area contributed by atoms with E-state index in [1.807, 2.05) is 7.05 Å². The molecule has 0 bridgehead atoms. The second-order valence-corrected chi connectivity index (χ2v) is 5.53. The van der Waals surface area contributed by atoms with Crippen LogP contribution in [0.2, 0.25) is 10.0 Å². The summed E-state index contributed by atoms with van der Waals surface area (Å²) >= 11 is 11.9. The van der Waals surface area contributed by atoms with E-state index in [1.54, 1.807) is 18.2 Å². The molecule has 1 fully saturated rings. The van der Waals surface area contributed by atoms with Gasteiger partial charge in [0.1, 0.15) is 0 Å². The molecule has 1 aromatic carbocycles. The summed E-state index contributed by atoms with van der Waals surface area (Å²) in [6.07, 6.45) is 1.07. The van der Waals surface area contributed by atoms with Gasteiger partial charge < -0.3 is 10.6 Å². The summed E-state index contributed by atoms with van der Waals surface area (Å²) in [7, 11) is 1.94. The third kappa shape index (κ3) is 4.79. The van der Waals surface area contributed by atoms with Crippen LogP contribution in [-0.4, -0.2) is 43.5 Å². The minimum atomic E-state index is -0.0686. The number of likely N-dealkylation sites (tertiary alicyclic amines) is 1. The number of anilines is 1. The predicted molar refractivity (Wildman–Crippen MR) is 86.2 cm³/mol. The Morgan fingerprint density at radius 3 is 2.85 bits per heavy atom. The maximum absolute atomic E-state index is 12.0. The van der Waals surface area contributed by atoms with Gasteiger partial charge in [-0.3, -0.25) is 9.69 Å². The van der Waals surface area contributed by atoms with E-state index in [1.165, 1.54) is 0 Å². The molecule has 0 aliphatic carbocycles. The molecule has 2 N–H and O–H groups in total. The molecule has 7 heteroatoms. The molecule has 4 nitrogen and oxygen atoms in total. The number of nitrogens with zero attached hydrogens (tertiary/aromatic N) is 1. The Kier molecular flexibility index (Phi) is 7.06. The number of rotatable bonds is 4. The van der Waals surface area contributed by atoms with Gasteiger partial charge in [-0.05, 0) is 31.7 Å². The average molecular weight is 339 g/mol. The molecule has 20 heavy (non-hydrogen) atoms. The van der Waals surface area contributed by atoms with Crippen LogP contribution < -0.4 is 10.6 Å². The molecule has 0 aromatic heterocycles. The Balaban J connectivity index is 0.00000200. The third-order valence-electron chi connectivity index (χ3n) is 3.25. The summed E-state index contributed by atoms with van der Waals surface area (Å²) in [5, 5.41) is 7.06. The smallest absolute Gasteiger partial charge is 0.238 e. The van der Waals surface area contributed by atoms with Gasteiger partial charge >= 0.3 is 0 Å². The molecular weight excluding hydrogens is 321 g/mol. The first-order valence-electron chi connectivity index (χ1n) is 6.23. The number of likely N-dealkylation sites (N-methyl/N-ethyl adjacent to an activating group) is 1. The molecular formula is C13H18Cl3N3O. The second kappa shape index (κ2) is 8.05. The number of carbonyl (C=O) groups is 1. The maximum Gasteiger partial charge on any atom is 0.238 e. The minimum Gasteiger partial charge on any atom is -0.324 e. The molecule has 1 atom stereocenters. The Bertz CT molecular complexity index is 470. The highest BCUT2D eigenvalue weighted by Crippen LogP contribution is 2.25. The first-order valence-corrected chi connectivity index (χ1v) is 6.98. The van der Waals surface area contributed by atoms with E-state index in [9.17, 15) is 4.79 Å². The lowest BCUT2D eigenvalue weighted by molar-refractivity contribution is -0.117. The topological polar surface area (TPSA) is 44.4 Å². The van der Waals surface area contributed by atoms with Gasteiger partial charge in [0.15, 0.2) is 0 Å². The van der Waals surface area contributed by atoms with Gasteiger partial charge in [0.05, 0.1) is 17.3 Å². The number of halogens is 3. The average Bonchev–Trinajstić information content (AvgIpc) is 2.81. The lowest BCUT2D eigenvalue weighted by atomic mass is 10.3. The summed E-state index contributed by atoms with van der Waals surface area (Å²) in [6, 6.07) is 5.49. The molecule has 1 aliphatic heterocycles. The van der Waals surface area contributed by atoms with Gasteiger partial charge in [-0.15, -0.1) is 12.4 Å². The number of benzene rings is 1. The lowest BCUT2D eigenvalue weighted by Crippen LogP contribution is -2.34. The quantitative estimate of drug-likeness (QED) is 0.887. The molecule has 1 aromatic rings. The van der Waals surface area contributed by atoms with Crippen LogP contribution in [0.3, 0.4) is 0 Å². The largest absolute Gasteiger partial charge is 0.324 e. The Labute approximate surface area is 135 Å². The summed E-state index contributed by atoms with van der Waals surface area (Å²) in [5.74, 6) is -0.0686. The monoisotopic (exact) mass is 337 g/mol. The van der Waals surface area contributed by atoms with E-state index < -0.39 is 0 Å². The molecule has 1 amide bonds. The van der Waals surface area contributed by atoms with Crippen molar-refractivity contribution in [3.8, 4) is 0 Å². The van der Waals surface area contributed by atoms with E-state index in [0.29, 0.717) is 28.3 Å². The Morgan fingerprint density at radius 2 is 2.20 bits per heavy atom. The molecule has 0 saturated carbocycles. The molecule has 1 unspecified atom stereocenters. The fraction of sp³-hybridized carbons (Fsp3) is 0.462. The minimum absolute atomic E-state index is 0. The highest BCUT2D eigenvalue weighted by atomic mass is 35.5. The van der Waals surface area contributed by atoms with Crippen LogP contribution in [-0.2, 0) is 4.79 Å². The molecule has 2 rings (SSSR count). The van der Waals surface area contributed by atoms with Gasteiger partial charge in [-0.2, -0.15) is 0 Å². The van der Waals surface area contributed by atoms with Crippen LogP contribution >= 0.6 is 35.6 Å². The molecule has 1 heterocycles. The Morgan fingerprint density at radius 1 is 1.45 bits per heavy atom. The van der Waals surface area contributed by atoms with Crippen LogP contribution in [0.1, 0.15) is 6.42 Å². The highest BCUT2D eigenvalue weighted by molar-refractivity contribution is 6.35. The zero-order valence-electron chi connectivity index (χ0n) is 11.2. The van der Waals surface area contributed by atoms with Crippen molar-refractivity contribution in [3.05, 3.63) is 28.2 Å². The van der Waals surface area contributed by atoms with Crippen molar-refractivity contribution >= 4 is 47.2 Å². The summed E-state index contributed by atoms with van der Waals surface area (Å²) in [6.45, 7) is 2.20. The van der Waals surface area contributed by atoms with Crippen molar-refractivity contribution in [2.45, 2.75) is 12.5 Å². The highest BCUT2D eigenvalue weighted by Gasteiger charge is 2.22. The van der Waals surface area contributed by atoms with E-state index in [0.717, 1.165) is 19.5 Å². The van der Waals surface area contributed by atoms with E-state index in [-0.39, 0.29) is 18.3 Å². The van der Waals surface area contributed by atoms with Crippen LogP contribution in [0.15, 0.2) is 18.2 Å². The van der Waals surface area contributed by atoms with Gasteiger partial charge in [0.25, 0.3) is 0 Å². The van der Waals surface area contributed by atoms with E-state index in [4.69, 9.17) is 23.2 Å². The van der Waals surface area contributed by atoms with Crippen LogP contribution in [0, 0.1) is 0 Å². The summed E-state index contributed by atoms with van der Waals surface area (Å²) in [5.41, 5.74) is 0.559. The number of hydrogen-bond acceptors (Lipinski definition) is 3. The van der Waals surface area contributed by atoms with E-state index >= 15 is 0 Å². The number of carbonyl (C=O) groups excluding carboxylic acids is 1. The Hall–Kier alpha value is -0.520. The van der Waals surface area contributed by atoms with E-state index in [2.05, 4.69) is 15.5 Å². The van der Waals surface area contributed by atoms with Crippen LogP contribution in [0.5, 0.6) is 0 Å². The second-order valence-electron chi connectivity index (χ2n) is 4.68. The van der Waals surface area contributed by atoms with Crippen molar-refractivity contribution in [1.29, 1.82) is 0 Å². The van der Waals surface area contributed by atoms with Crippen molar-refractivity contribution in [3.63, 3.8) is 0 Å². The number of amides is 1. The van der Waals surface area contributed by atoms with Gasteiger partial charge in [-0.25, -0.2) is 0 Å². The molecule has 112 valence electrons. The number of nitrogens with one attached hydrogen (secondary N) is 2. The zero-order chi connectivity index (χ0) is 13.8.